The fourth-order valence-electron chi connectivity index (χ4n) is 9.23. The van der Waals surface area contributed by atoms with Crippen LogP contribution >= 0.6 is 0 Å². The number of piperazine rings is 1. The second kappa shape index (κ2) is 10.4. The van der Waals surface area contributed by atoms with E-state index in [4.69, 9.17) is 16.1 Å². The van der Waals surface area contributed by atoms with Crippen LogP contribution in [0.25, 0.3) is 32.8 Å². The number of terminal acetylenes is 1. The number of nitriles is 1. The molecule has 9 rings (SSSR count). The largest absolute Gasteiger partial charge is 0.508 e. The third-order valence-corrected chi connectivity index (χ3v) is 11.6. The van der Waals surface area contributed by atoms with Gasteiger partial charge in [0.1, 0.15) is 29.5 Å². The maximum Gasteiger partial charge on any atom is 0.319 e. The zero-order chi connectivity index (χ0) is 33.9. The summed E-state index contributed by atoms with van der Waals surface area (Å²) in [5.41, 5.74) is -2.07. The molecule has 0 unspecified atom stereocenters. The molecule has 2 bridgehead atoms. The topological polar surface area (TPSA) is 97.5 Å². The molecule has 5 fully saturated rings. The summed E-state index contributed by atoms with van der Waals surface area (Å²) in [6.45, 7) is 2.32. The molecule has 1 aliphatic carbocycles. The molecule has 4 atom stereocenters. The molecule has 3 aromatic carbocycles. The van der Waals surface area contributed by atoms with Crippen molar-refractivity contribution in [2.24, 2.45) is 5.41 Å². The zero-order valence-corrected chi connectivity index (χ0v) is 26.5. The van der Waals surface area contributed by atoms with E-state index in [0.717, 1.165) is 19.3 Å². The van der Waals surface area contributed by atoms with E-state index in [0.29, 0.717) is 55.6 Å². The van der Waals surface area contributed by atoms with Crippen LogP contribution in [0, 0.1) is 40.7 Å². The number of nitrogens with one attached hydrogen (secondary N) is 1. The van der Waals surface area contributed by atoms with Gasteiger partial charge in [-0.05, 0) is 73.9 Å². The van der Waals surface area contributed by atoms with Crippen LogP contribution in [-0.4, -0.2) is 76.3 Å². The minimum Gasteiger partial charge on any atom is -0.508 e. The lowest BCUT2D eigenvalue weighted by Crippen LogP contribution is -2.51. The summed E-state index contributed by atoms with van der Waals surface area (Å²) in [7, 11) is 0. The molecule has 5 heterocycles. The first kappa shape index (κ1) is 30.4. The van der Waals surface area contributed by atoms with Crippen LogP contribution in [0.3, 0.4) is 0 Å². The molecule has 4 aromatic rings. The van der Waals surface area contributed by atoms with Crippen LogP contribution in [0.2, 0.25) is 0 Å². The van der Waals surface area contributed by atoms with Crippen molar-refractivity contribution in [2.45, 2.75) is 62.1 Å². The van der Waals surface area contributed by atoms with E-state index in [1.54, 1.807) is 0 Å². The van der Waals surface area contributed by atoms with Gasteiger partial charge in [0.2, 0.25) is 0 Å². The van der Waals surface area contributed by atoms with Crippen molar-refractivity contribution in [3.05, 3.63) is 53.1 Å². The first-order chi connectivity index (χ1) is 23.5. The predicted molar refractivity (Wildman–Crippen MR) is 175 cm³/mol. The van der Waals surface area contributed by atoms with Crippen molar-refractivity contribution in [3.8, 4) is 41.3 Å². The van der Waals surface area contributed by atoms with E-state index in [-0.39, 0.29) is 70.0 Å². The summed E-state index contributed by atoms with van der Waals surface area (Å²) < 4.78 is 67.5. The van der Waals surface area contributed by atoms with E-state index in [1.165, 1.54) is 30.3 Å². The number of alkyl halides is 2. The Hall–Kier alpha value is -4.65. The van der Waals surface area contributed by atoms with E-state index in [2.05, 4.69) is 32.1 Å². The number of aromatic nitrogens is 2. The van der Waals surface area contributed by atoms with Crippen molar-refractivity contribution < 1.29 is 27.4 Å². The molecule has 1 saturated carbocycles. The lowest BCUT2D eigenvalue weighted by molar-refractivity contribution is 0.0647. The highest BCUT2D eigenvalue weighted by Crippen LogP contribution is 2.69. The molecule has 0 amide bonds. The van der Waals surface area contributed by atoms with Gasteiger partial charge in [-0.1, -0.05) is 12.0 Å². The van der Waals surface area contributed by atoms with E-state index < -0.39 is 28.5 Å². The number of phenols is 1. The van der Waals surface area contributed by atoms with Crippen LogP contribution < -0.4 is 15.0 Å². The molecule has 8 nitrogen and oxygen atoms in total. The maximum absolute atomic E-state index is 17.2. The fourth-order valence-corrected chi connectivity index (χ4v) is 9.23. The normalized spacial score (nSPS) is 28.2. The average Bonchev–Trinajstić information content (AvgIpc) is 3.40. The van der Waals surface area contributed by atoms with Gasteiger partial charge < -0.3 is 20.1 Å². The molecule has 4 aliphatic heterocycles. The van der Waals surface area contributed by atoms with E-state index >= 15 is 4.39 Å². The Morgan fingerprint density at radius 2 is 1.88 bits per heavy atom. The Bertz CT molecular complexity index is 2170. The maximum atomic E-state index is 17.2. The van der Waals surface area contributed by atoms with Gasteiger partial charge in [0, 0.05) is 54.5 Å². The third kappa shape index (κ3) is 4.50. The number of benzene rings is 3. The number of aromatic hydroxyl groups is 1. The summed E-state index contributed by atoms with van der Waals surface area (Å²) in [5, 5.41) is 25.4. The number of fused-ring (bicyclic) bond motifs is 5. The molecule has 5 aliphatic rings. The number of phenolic OH excluding ortho intramolecular Hbond substituents is 1. The molecule has 0 radical (unpaired) electrons. The van der Waals surface area contributed by atoms with Crippen molar-refractivity contribution in [1.82, 2.24) is 20.2 Å². The SMILES string of the molecule is C#Cc1c(F)ccc2cc(O)cc(-c3c(C#N)cc4c(N5C[C@H]6CC[C@@H](C5)N6)nc(OC[C@]56CCCN5C[C@]5(CC5(F)F)C6)nc4c3F)c12. The van der Waals surface area contributed by atoms with Crippen molar-refractivity contribution in [2.75, 3.05) is 37.7 Å². The van der Waals surface area contributed by atoms with Crippen LogP contribution in [0.1, 0.15) is 49.7 Å². The Labute approximate surface area is 279 Å². The first-order valence-corrected chi connectivity index (χ1v) is 16.7. The molecular formula is C37H32F4N6O2. The number of nitrogens with zero attached hydrogens (tertiary/aromatic N) is 5. The van der Waals surface area contributed by atoms with Crippen molar-refractivity contribution in [1.29, 1.82) is 5.26 Å². The van der Waals surface area contributed by atoms with Crippen molar-refractivity contribution in [3.63, 3.8) is 0 Å². The van der Waals surface area contributed by atoms with E-state index in [1.807, 2.05) is 0 Å². The van der Waals surface area contributed by atoms with Gasteiger partial charge in [-0.15, -0.1) is 6.42 Å². The molecule has 1 spiro atoms. The lowest BCUT2D eigenvalue weighted by atomic mass is 9.89. The van der Waals surface area contributed by atoms with Gasteiger partial charge in [0.05, 0.1) is 28.2 Å². The number of hydrogen-bond acceptors (Lipinski definition) is 8. The number of rotatable bonds is 5. The highest BCUT2D eigenvalue weighted by atomic mass is 19.3. The monoisotopic (exact) mass is 668 g/mol. The second-order valence-electron chi connectivity index (χ2n) is 14.5. The van der Waals surface area contributed by atoms with Crippen LogP contribution in [0.4, 0.5) is 23.4 Å². The molecule has 1 aromatic heterocycles. The van der Waals surface area contributed by atoms with Gasteiger partial charge in [0.25, 0.3) is 5.92 Å². The summed E-state index contributed by atoms with van der Waals surface area (Å²) in [6.07, 6.45) is 9.44. The Morgan fingerprint density at radius 3 is 2.59 bits per heavy atom. The van der Waals surface area contributed by atoms with Gasteiger partial charge >= 0.3 is 6.01 Å². The molecule has 2 N–H and O–H groups in total. The van der Waals surface area contributed by atoms with Gasteiger partial charge in [0.15, 0.2) is 5.82 Å². The third-order valence-electron chi connectivity index (χ3n) is 11.6. The number of anilines is 1. The van der Waals surface area contributed by atoms with Gasteiger partial charge in [-0.25, -0.2) is 17.6 Å². The molecular weight excluding hydrogens is 636 g/mol. The average molecular weight is 669 g/mol. The zero-order valence-electron chi connectivity index (χ0n) is 26.5. The summed E-state index contributed by atoms with van der Waals surface area (Å²) in [4.78, 5) is 13.5. The highest BCUT2D eigenvalue weighted by Gasteiger charge is 2.77. The minimum absolute atomic E-state index is 0.0448. The molecule has 250 valence electrons. The molecule has 49 heavy (non-hydrogen) atoms. The van der Waals surface area contributed by atoms with Crippen LogP contribution in [-0.2, 0) is 0 Å². The first-order valence-electron chi connectivity index (χ1n) is 16.7. The predicted octanol–water partition coefficient (Wildman–Crippen LogP) is 5.87. The van der Waals surface area contributed by atoms with Crippen LogP contribution in [0.5, 0.6) is 11.8 Å². The smallest absolute Gasteiger partial charge is 0.319 e. The Balaban J connectivity index is 1.21. The fraction of sp³-hybridized carbons (Fsp3) is 0.432. The van der Waals surface area contributed by atoms with Gasteiger partial charge in [-0.3, -0.25) is 4.90 Å². The summed E-state index contributed by atoms with van der Waals surface area (Å²) in [6, 6.07) is 9.21. The lowest BCUT2D eigenvalue weighted by Gasteiger charge is -2.35. The standard InChI is InChI=1S/C37H32F4N6O2/c1-2-25-28(38)7-4-20-10-24(48)12-26(29(20)25)30-21(13-42)11-27-32(31(30)39)44-34(45-33(27)46-14-22-5-6-23(15-46)43-22)49-19-36-8-3-9-47(36)18-35(16-36)17-37(35,40)41/h1,4,7,10-12,22-23,43,48H,3,5-6,8-9,14-19H2/t22-,23+,35-,36-/m1/s1. The number of ether oxygens (including phenoxy) is 1. The summed E-state index contributed by atoms with van der Waals surface area (Å²) in [5.74, 6) is -1.73. The minimum atomic E-state index is -2.69. The van der Waals surface area contributed by atoms with Crippen LogP contribution in [0.15, 0.2) is 30.3 Å². The number of hydrogen-bond donors (Lipinski definition) is 2. The highest BCUT2D eigenvalue weighted by molar-refractivity contribution is 6.05. The Morgan fingerprint density at radius 1 is 1.10 bits per heavy atom. The van der Waals surface area contributed by atoms with Crippen molar-refractivity contribution >= 4 is 27.5 Å². The number of halogens is 4. The summed E-state index contributed by atoms with van der Waals surface area (Å²) >= 11 is 0. The Kier molecular flexibility index (Phi) is 6.47. The molecule has 12 heteroatoms. The van der Waals surface area contributed by atoms with Gasteiger partial charge in [-0.2, -0.15) is 15.2 Å². The van der Waals surface area contributed by atoms with E-state index in [9.17, 15) is 23.5 Å². The quantitative estimate of drug-likeness (QED) is 0.202. The molecule has 4 saturated heterocycles. The second-order valence-corrected chi connectivity index (χ2v) is 14.5.